The Morgan fingerprint density at radius 1 is 1.05 bits per heavy atom. The molecule has 2 N–H and O–H groups in total. The molecule has 0 amide bonds. The summed E-state index contributed by atoms with van der Waals surface area (Å²) in [6, 6.07) is 9.48. The zero-order chi connectivity index (χ0) is 13.9. The summed E-state index contributed by atoms with van der Waals surface area (Å²) in [5.74, 6) is 0. The Kier molecular flexibility index (Phi) is 8.54. The zero-order valence-corrected chi connectivity index (χ0v) is 13.6. The molecule has 1 aromatic rings. The van der Waals surface area contributed by atoms with Crippen molar-refractivity contribution in [3.05, 3.63) is 24.3 Å². The van der Waals surface area contributed by atoms with E-state index >= 15 is 0 Å². The van der Waals surface area contributed by atoms with Gasteiger partial charge in [0.05, 0.1) is 9.52 Å². The summed E-state index contributed by atoms with van der Waals surface area (Å²) in [6.45, 7) is 5.83. The van der Waals surface area contributed by atoms with Gasteiger partial charge in [0.25, 0.3) is 0 Å². The van der Waals surface area contributed by atoms with Gasteiger partial charge in [-0.15, -0.1) is 0 Å². The highest BCUT2D eigenvalue weighted by molar-refractivity contribution is 6.53. The van der Waals surface area contributed by atoms with Gasteiger partial charge in [-0.25, -0.2) is 0 Å². The van der Waals surface area contributed by atoms with Gasteiger partial charge in [0.15, 0.2) is 6.29 Å². The minimum absolute atomic E-state index is 0.0128. The molecule has 0 aliphatic heterocycles. The lowest BCUT2D eigenvalue weighted by Crippen LogP contribution is -2.21. The molecule has 0 aromatic heterocycles. The van der Waals surface area contributed by atoms with Crippen molar-refractivity contribution in [2.75, 3.05) is 18.9 Å². The lowest BCUT2D eigenvalue weighted by Gasteiger charge is -2.17. The molecule has 4 heteroatoms. The van der Waals surface area contributed by atoms with E-state index in [1.165, 1.54) is 11.2 Å². The molecule has 0 atom stereocenters. The molecule has 0 heterocycles. The van der Waals surface area contributed by atoms with Crippen LogP contribution in [0.15, 0.2) is 24.3 Å². The monoisotopic (exact) mass is 281 g/mol. The van der Waals surface area contributed by atoms with E-state index in [1.54, 1.807) is 0 Å². The zero-order valence-electron chi connectivity index (χ0n) is 12.2. The molecule has 0 saturated carbocycles. The smallest absolute Gasteiger partial charge is 0.157 e. The molecule has 3 nitrogen and oxygen atoms in total. The fourth-order valence-electron chi connectivity index (χ4n) is 1.87. The summed E-state index contributed by atoms with van der Waals surface area (Å²) in [4.78, 5) is 0. The normalized spacial score (nSPS) is 11.7. The molecule has 0 fully saturated rings. The Labute approximate surface area is 119 Å². The van der Waals surface area contributed by atoms with Crippen molar-refractivity contribution in [2.45, 2.75) is 45.4 Å². The van der Waals surface area contributed by atoms with E-state index < -0.39 is 0 Å². The standard InChI is InChI=1S/C15H27NO2Si/c1-3-10-17-15(18-11-4-2)9-12-19-14-7-5-13(16)6-8-14/h5-8,15H,3-4,9-12,16,19H2,1-2H3. The summed E-state index contributed by atoms with van der Waals surface area (Å²) in [5, 5.41) is 1.46. The Morgan fingerprint density at radius 3 is 2.16 bits per heavy atom. The second-order valence-corrected chi connectivity index (χ2v) is 6.83. The molecule has 108 valence electrons. The molecule has 0 aliphatic carbocycles. The third kappa shape index (κ3) is 7.35. The van der Waals surface area contributed by atoms with Crippen LogP contribution in [0.5, 0.6) is 0 Å². The number of hydrogen-bond acceptors (Lipinski definition) is 3. The molecule has 0 aliphatic rings. The maximum atomic E-state index is 5.73. The van der Waals surface area contributed by atoms with E-state index in [2.05, 4.69) is 26.0 Å². The van der Waals surface area contributed by atoms with Crippen LogP contribution in [-0.2, 0) is 9.47 Å². The van der Waals surface area contributed by atoms with Crippen LogP contribution in [0.2, 0.25) is 6.04 Å². The topological polar surface area (TPSA) is 44.5 Å². The summed E-state index contributed by atoms with van der Waals surface area (Å²) >= 11 is 0. The van der Waals surface area contributed by atoms with Crippen molar-refractivity contribution in [1.29, 1.82) is 0 Å². The van der Waals surface area contributed by atoms with Crippen LogP contribution < -0.4 is 10.9 Å². The molecule has 0 unspecified atom stereocenters. The largest absolute Gasteiger partial charge is 0.399 e. The maximum absolute atomic E-state index is 5.73. The quantitative estimate of drug-likeness (QED) is 0.405. The first-order valence-corrected chi connectivity index (χ1v) is 9.04. The van der Waals surface area contributed by atoms with Crippen LogP contribution in [0.4, 0.5) is 5.69 Å². The molecule has 0 saturated heterocycles. The van der Waals surface area contributed by atoms with Gasteiger partial charge in [0.1, 0.15) is 0 Å². The van der Waals surface area contributed by atoms with Crippen molar-refractivity contribution in [2.24, 2.45) is 0 Å². The van der Waals surface area contributed by atoms with Gasteiger partial charge in [-0.3, -0.25) is 0 Å². The van der Waals surface area contributed by atoms with Crippen molar-refractivity contribution < 1.29 is 9.47 Å². The minimum atomic E-state index is -0.232. The van der Waals surface area contributed by atoms with Gasteiger partial charge in [-0.2, -0.15) is 0 Å². The Bertz CT molecular complexity index is 321. The molecule has 19 heavy (non-hydrogen) atoms. The van der Waals surface area contributed by atoms with Crippen molar-refractivity contribution in [1.82, 2.24) is 0 Å². The summed E-state index contributed by atoms with van der Waals surface area (Å²) in [6.07, 6.45) is 3.08. The summed E-state index contributed by atoms with van der Waals surface area (Å²) in [7, 11) is -0.232. The van der Waals surface area contributed by atoms with E-state index in [4.69, 9.17) is 15.2 Å². The molecular weight excluding hydrogens is 254 g/mol. The van der Waals surface area contributed by atoms with Crippen LogP contribution in [0.1, 0.15) is 33.1 Å². The average Bonchev–Trinajstić information content (AvgIpc) is 2.43. The lowest BCUT2D eigenvalue weighted by atomic mass is 10.3. The van der Waals surface area contributed by atoms with E-state index in [1.807, 2.05) is 12.1 Å². The highest BCUT2D eigenvalue weighted by Crippen LogP contribution is 2.06. The highest BCUT2D eigenvalue weighted by Gasteiger charge is 2.08. The van der Waals surface area contributed by atoms with Gasteiger partial charge in [-0.1, -0.05) is 37.2 Å². The van der Waals surface area contributed by atoms with Gasteiger partial charge < -0.3 is 15.2 Å². The SMILES string of the molecule is CCCOC(CC[SiH2]c1ccc(N)cc1)OCCC. The third-order valence-corrected chi connectivity index (χ3v) is 4.71. The van der Waals surface area contributed by atoms with Crippen molar-refractivity contribution >= 4 is 20.4 Å². The fourth-order valence-corrected chi connectivity index (χ4v) is 3.39. The summed E-state index contributed by atoms with van der Waals surface area (Å²) < 4.78 is 11.5. The highest BCUT2D eigenvalue weighted by atomic mass is 28.2. The maximum Gasteiger partial charge on any atom is 0.157 e. The van der Waals surface area contributed by atoms with Gasteiger partial charge >= 0.3 is 0 Å². The van der Waals surface area contributed by atoms with Crippen LogP contribution in [-0.4, -0.2) is 29.0 Å². The van der Waals surface area contributed by atoms with Gasteiger partial charge in [-0.05, 0) is 31.4 Å². The van der Waals surface area contributed by atoms with Crippen LogP contribution in [0.25, 0.3) is 0 Å². The molecular formula is C15H27NO2Si. The van der Waals surface area contributed by atoms with E-state index in [-0.39, 0.29) is 15.8 Å². The van der Waals surface area contributed by atoms with E-state index in [0.717, 1.165) is 38.2 Å². The summed E-state index contributed by atoms with van der Waals surface area (Å²) in [5.41, 5.74) is 6.53. The van der Waals surface area contributed by atoms with Crippen LogP contribution >= 0.6 is 0 Å². The molecule has 1 aromatic carbocycles. The van der Waals surface area contributed by atoms with Crippen molar-refractivity contribution in [3.63, 3.8) is 0 Å². The number of ether oxygens (including phenoxy) is 2. The first-order valence-electron chi connectivity index (χ1n) is 7.33. The van der Waals surface area contributed by atoms with Crippen LogP contribution in [0.3, 0.4) is 0 Å². The second-order valence-electron chi connectivity index (χ2n) is 4.80. The number of rotatable bonds is 10. The molecule has 0 spiro atoms. The number of hydrogen-bond donors (Lipinski definition) is 1. The number of anilines is 1. The number of nitrogen functional groups attached to an aromatic ring is 1. The number of nitrogens with two attached hydrogens (primary N) is 1. The molecule has 0 radical (unpaired) electrons. The minimum Gasteiger partial charge on any atom is -0.399 e. The predicted molar refractivity (Wildman–Crippen MR) is 84.7 cm³/mol. The van der Waals surface area contributed by atoms with E-state index in [9.17, 15) is 0 Å². The van der Waals surface area contributed by atoms with Crippen molar-refractivity contribution in [3.8, 4) is 0 Å². The average molecular weight is 281 g/mol. The van der Waals surface area contributed by atoms with Crippen LogP contribution in [0, 0.1) is 0 Å². The second kappa shape index (κ2) is 10.0. The molecule has 1 rings (SSSR count). The first-order chi connectivity index (χ1) is 9.26. The molecule has 0 bridgehead atoms. The lowest BCUT2D eigenvalue weighted by molar-refractivity contribution is -0.143. The number of benzene rings is 1. The Morgan fingerprint density at radius 2 is 1.63 bits per heavy atom. The Hall–Kier alpha value is -0.843. The van der Waals surface area contributed by atoms with E-state index in [0.29, 0.717) is 0 Å². The van der Waals surface area contributed by atoms with Gasteiger partial charge in [0.2, 0.25) is 0 Å². The first kappa shape index (κ1) is 16.2. The predicted octanol–water partition coefficient (Wildman–Crippen LogP) is 2.05. The third-order valence-electron chi connectivity index (χ3n) is 2.90. The Balaban J connectivity index is 2.27. The fraction of sp³-hybridized carbons (Fsp3) is 0.600. The van der Waals surface area contributed by atoms with Gasteiger partial charge in [0, 0.05) is 18.9 Å².